The summed E-state index contributed by atoms with van der Waals surface area (Å²) < 4.78 is 11.2. The van der Waals surface area contributed by atoms with Gasteiger partial charge in [0.25, 0.3) is 5.91 Å². The van der Waals surface area contributed by atoms with Crippen molar-refractivity contribution in [3.05, 3.63) is 59.3 Å². The maximum atomic E-state index is 13.2. The van der Waals surface area contributed by atoms with Gasteiger partial charge in [0.2, 0.25) is 11.7 Å². The fourth-order valence-electron chi connectivity index (χ4n) is 4.25. The summed E-state index contributed by atoms with van der Waals surface area (Å²) in [6.07, 6.45) is 2.08. The molecule has 1 saturated carbocycles. The number of nitrogens with one attached hydrogen (secondary N) is 3. The maximum Gasteiger partial charge on any atom is 0.407 e. The van der Waals surface area contributed by atoms with Gasteiger partial charge in [-0.2, -0.15) is 0 Å². The van der Waals surface area contributed by atoms with E-state index in [1.165, 1.54) is 0 Å². The highest BCUT2D eigenvalue weighted by Gasteiger charge is 2.30. The quantitative estimate of drug-likeness (QED) is 0.369. The lowest BCUT2D eigenvalue weighted by Crippen LogP contribution is -2.42. The molecule has 1 fully saturated rings. The van der Waals surface area contributed by atoms with E-state index in [2.05, 4.69) is 16.0 Å². The normalized spacial score (nSPS) is 17.9. The van der Waals surface area contributed by atoms with Crippen LogP contribution in [0.4, 0.5) is 16.2 Å². The highest BCUT2D eigenvalue weighted by atomic mass is 35.5. The Balaban J connectivity index is 1.43. The number of ether oxygens (including phenoxy) is 1. The molecule has 0 spiro atoms. The Labute approximate surface area is 214 Å². The van der Waals surface area contributed by atoms with E-state index < -0.39 is 17.6 Å². The van der Waals surface area contributed by atoms with Gasteiger partial charge >= 0.3 is 6.09 Å². The number of halogens is 1. The predicted octanol–water partition coefficient (Wildman–Crippen LogP) is 6.36. The Kier molecular flexibility index (Phi) is 7.54. The molecule has 1 aliphatic carbocycles. The average molecular weight is 512 g/mol. The monoisotopic (exact) mass is 511 g/mol. The number of carbonyl (C=O) groups is 3. The number of furan rings is 1. The van der Waals surface area contributed by atoms with Crippen LogP contribution in [0.5, 0.6) is 0 Å². The van der Waals surface area contributed by atoms with Crippen molar-refractivity contribution in [1.29, 1.82) is 0 Å². The number of alkyl carbamates (subject to hydrolysis) is 1. The maximum absolute atomic E-state index is 13.2. The third kappa shape index (κ3) is 6.37. The number of carbonyl (C=O) groups excluding carboxylic acids is 3. The van der Waals surface area contributed by atoms with Crippen molar-refractivity contribution in [2.75, 3.05) is 10.6 Å². The van der Waals surface area contributed by atoms with Gasteiger partial charge in [0.15, 0.2) is 0 Å². The lowest BCUT2D eigenvalue weighted by molar-refractivity contribution is -0.120. The van der Waals surface area contributed by atoms with Gasteiger partial charge in [-0.15, -0.1) is 0 Å². The van der Waals surface area contributed by atoms with Gasteiger partial charge < -0.3 is 25.1 Å². The number of benzene rings is 2. The molecular formula is C27H30ClN3O5. The highest BCUT2D eigenvalue weighted by molar-refractivity contribution is 6.30. The van der Waals surface area contributed by atoms with E-state index in [-0.39, 0.29) is 23.6 Å². The van der Waals surface area contributed by atoms with Crippen molar-refractivity contribution >= 4 is 51.9 Å². The first kappa shape index (κ1) is 25.6. The molecule has 190 valence electrons. The van der Waals surface area contributed by atoms with E-state index in [0.717, 1.165) is 0 Å². The molecule has 0 aliphatic heterocycles. The Morgan fingerprint density at radius 1 is 0.944 bits per heavy atom. The van der Waals surface area contributed by atoms with E-state index >= 15 is 0 Å². The largest absolute Gasteiger partial charge is 0.449 e. The van der Waals surface area contributed by atoms with Crippen molar-refractivity contribution in [2.45, 2.75) is 58.1 Å². The van der Waals surface area contributed by atoms with E-state index in [1.54, 1.807) is 42.5 Å². The molecule has 0 unspecified atom stereocenters. The Bertz CT molecular complexity index is 1250. The summed E-state index contributed by atoms with van der Waals surface area (Å²) in [5, 5.41) is 9.81. The number of fused-ring (bicyclic) bond motifs is 1. The van der Waals surface area contributed by atoms with Crippen LogP contribution in [0.1, 0.15) is 57.0 Å². The second kappa shape index (κ2) is 10.6. The fourth-order valence-corrected chi connectivity index (χ4v) is 4.38. The molecule has 1 aliphatic rings. The first-order valence-corrected chi connectivity index (χ1v) is 12.4. The lowest BCUT2D eigenvalue weighted by atomic mass is 9.85. The van der Waals surface area contributed by atoms with Crippen LogP contribution in [-0.4, -0.2) is 29.6 Å². The minimum Gasteiger partial charge on any atom is -0.449 e. The molecule has 3 N–H and O–H groups in total. The molecule has 8 nitrogen and oxygen atoms in total. The first-order valence-electron chi connectivity index (χ1n) is 12.0. The Morgan fingerprint density at radius 2 is 1.61 bits per heavy atom. The average Bonchev–Trinajstić information content (AvgIpc) is 3.18. The van der Waals surface area contributed by atoms with E-state index in [0.29, 0.717) is 53.0 Å². The Morgan fingerprint density at radius 3 is 2.28 bits per heavy atom. The summed E-state index contributed by atoms with van der Waals surface area (Å²) in [5.41, 5.74) is 0.833. The van der Waals surface area contributed by atoms with Gasteiger partial charge in [0.05, 0.1) is 0 Å². The Hall–Kier alpha value is -3.52. The molecule has 0 bridgehead atoms. The molecule has 3 amide bonds. The molecule has 2 aromatic carbocycles. The van der Waals surface area contributed by atoms with Gasteiger partial charge in [-0.25, -0.2) is 4.79 Å². The smallest absolute Gasteiger partial charge is 0.407 e. The van der Waals surface area contributed by atoms with Crippen LogP contribution in [-0.2, 0) is 9.53 Å². The van der Waals surface area contributed by atoms with Crippen LogP contribution >= 0.6 is 11.6 Å². The number of anilines is 2. The molecule has 0 radical (unpaired) electrons. The third-order valence-corrected chi connectivity index (χ3v) is 6.22. The standard InChI is InChI=1S/C27H30ClN3O5/c1-27(2,3)36-26(34)30-19-12-8-16(9-13-19)24(32)31-22-20-6-4-5-7-21(20)35-23(22)25(33)29-18-14-10-17(28)11-15-18/h4-7,10-11,14-16,19H,8-9,12-13H2,1-3H3,(H,29,33)(H,30,34)(H,31,32)/t16-,19-. The molecule has 1 aromatic heterocycles. The topological polar surface area (TPSA) is 110 Å². The number of para-hydroxylation sites is 1. The second-order valence-electron chi connectivity index (χ2n) is 9.95. The second-order valence-corrected chi connectivity index (χ2v) is 10.4. The molecule has 9 heteroatoms. The lowest BCUT2D eigenvalue weighted by Gasteiger charge is -2.29. The van der Waals surface area contributed by atoms with Crippen LogP contribution in [0, 0.1) is 5.92 Å². The zero-order chi connectivity index (χ0) is 25.9. The minimum absolute atomic E-state index is 0.0276. The zero-order valence-corrected chi connectivity index (χ0v) is 21.3. The van der Waals surface area contributed by atoms with Gasteiger partial charge in [0, 0.05) is 28.1 Å². The minimum atomic E-state index is -0.563. The number of amides is 3. The molecule has 3 aromatic rings. The fraction of sp³-hybridized carbons (Fsp3) is 0.370. The van der Waals surface area contributed by atoms with E-state index in [9.17, 15) is 14.4 Å². The van der Waals surface area contributed by atoms with Gasteiger partial charge in [-0.05, 0) is 82.9 Å². The number of hydrogen-bond donors (Lipinski definition) is 3. The highest BCUT2D eigenvalue weighted by Crippen LogP contribution is 2.33. The SMILES string of the molecule is CC(C)(C)OC(=O)N[C@H]1CC[C@H](C(=O)Nc2c(C(=O)Nc3ccc(Cl)cc3)oc3ccccc23)CC1. The van der Waals surface area contributed by atoms with Crippen LogP contribution < -0.4 is 16.0 Å². The number of rotatable bonds is 5. The number of hydrogen-bond acceptors (Lipinski definition) is 5. The molecule has 0 saturated heterocycles. The summed E-state index contributed by atoms with van der Waals surface area (Å²) in [6, 6.07) is 13.8. The van der Waals surface area contributed by atoms with Crippen LogP contribution in [0.2, 0.25) is 5.02 Å². The summed E-state index contributed by atoms with van der Waals surface area (Å²) >= 11 is 5.93. The van der Waals surface area contributed by atoms with Crippen LogP contribution in [0.3, 0.4) is 0 Å². The molecule has 36 heavy (non-hydrogen) atoms. The van der Waals surface area contributed by atoms with Gasteiger partial charge in [-0.3, -0.25) is 9.59 Å². The summed E-state index contributed by atoms with van der Waals surface area (Å²) in [4.78, 5) is 38.3. The van der Waals surface area contributed by atoms with Crippen LogP contribution in [0.25, 0.3) is 11.0 Å². The summed E-state index contributed by atoms with van der Waals surface area (Å²) in [7, 11) is 0. The third-order valence-electron chi connectivity index (χ3n) is 5.97. The van der Waals surface area contributed by atoms with Crippen molar-refractivity contribution in [3.8, 4) is 0 Å². The van der Waals surface area contributed by atoms with E-state index in [1.807, 2.05) is 26.8 Å². The van der Waals surface area contributed by atoms with Crippen molar-refractivity contribution in [2.24, 2.45) is 5.92 Å². The van der Waals surface area contributed by atoms with Crippen LogP contribution in [0.15, 0.2) is 52.9 Å². The van der Waals surface area contributed by atoms with Crippen molar-refractivity contribution in [1.82, 2.24) is 5.32 Å². The molecule has 1 heterocycles. The molecule has 0 atom stereocenters. The van der Waals surface area contributed by atoms with E-state index in [4.69, 9.17) is 20.8 Å². The van der Waals surface area contributed by atoms with Gasteiger partial charge in [-0.1, -0.05) is 23.7 Å². The zero-order valence-electron chi connectivity index (χ0n) is 20.5. The molecular weight excluding hydrogens is 482 g/mol. The summed E-state index contributed by atoms with van der Waals surface area (Å²) in [6.45, 7) is 5.45. The van der Waals surface area contributed by atoms with Crippen molar-refractivity contribution < 1.29 is 23.5 Å². The first-order chi connectivity index (χ1) is 17.1. The predicted molar refractivity (Wildman–Crippen MR) is 139 cm³/mol. The van der Waals surface area contributed by atoms with Gasteiger partial charge in [0.1, 0.15) is 16.9 Å². The molecule has 4 rings (SSSR count). The van der Waals surface area contributed by atoms with Crippen molar-refractivity contribution in [3.63, 3.8) is 0 Å². The summed E-state index contributed by atoms with van der Waals surface area (Å²) in [5.74, 6) is -0.880.